The highest BCUT2D eigenvalue weighted by atomic mass is 32.1. The molecule has 1 aromatic heterocycles. The molecular formula is C11H18N2OS. The Labute approximate surface area is 94.8 Å². The van der Waals surface area contributed by atoms with Gasteiger partial charge in [0.15, 0.2) is 5.13 Å². The van der Waals surface area contributed by atoms with E-state index in [-0.39, 0.29) is 0 Å². The third-order valence-electron chi connectivity index (χ3n) is 3.07. The van der Waals surface area contributed by atoms with E-state index in [1.54, 1.807) is 18.3 Å². The van der Waals surface area contributed by atoms with Crippen LogP contribution in [-0.4, -0.2) is 23.2 Å². The monoisotopic (exact) mass is 226 g/mol. The van der Waals surface area contributed by atoms with Gasteiger partial charge >= 0.3 is 0 Å². The molecule has 2 unspecified atom stereocenters. The number of nitrogens with zero attached hydrogens (tertiary/aromatic N) is 2. The third-order valence-corrected chi connectivity index (χ3v) is 3.99. The van der Waals surface area contributed by atoms with Gasteiger partial charge in [0.05, 0.1) is 11.8 Å². The zero-order valence-electron chi connectivity index (χ0n) is 9.31. The molecule has 2 heterocycles. The van der Waals surface area contributed by atoms with Crippen LogP contribution in [0.5, 0.6) is 0 Å². The molecule has 0 aliphatic carbocycles. The highest BCUT2D eigenvalue weighted by Crippen LogP contribution is 2.29. The maximum absolute atomic E-state index is 9.40. The van der Waals surface area contributed by atoms with Crippen LogP contribution < -0.4 is 4.90 Å². The Morgan fingerprint density at radius 3 is 3.07 bits per heavy atom. The van der Waals surface area contributed by atoms with Crippen molar-refractivity contribution in [2.24, 2.45) is 5.92 Å². The molecule has 1 aromatic rings. The van der Waals surface area contributed by atoms with Crippen molar-refractivity contribution in [3.63, 3.8) is 0 Å². The third kappa shape index (κ3) is 2.32. The van der Waals surface area contributed by atoms with Gasteiger partial charge in [-0.3, -0.25) is 0 Å². The van der Waals surface area contributed by atoms with Gasteiger partial charge in [-0.1, -0.05) is 13.3 Å². The van der Waals surface area contributed by atoms with Crippen LogP contribution in [0.4, 0.5) is 5.13 Å². The Kier molecular flexibility index (Phi) is 3.26. The molecule has 0 aromatic carbocycles. The molecule has 3 nitrogen and oxygen atoms in total. The summed E-state index contributed by atoms with van der Waals surface area (Å²) in [6.45, 7) is 6.25. The van der Waals surface area contributed by atoms with Crippen LogP contribution in [-0.2, 0) is 0 Å². The molecule has 2 atom stereocenters. The SMILES string of the molecule is CCC1CCN(c2nc(C(C)O)cs2)C1. The van der Waals surface area contributed by atoms with Crippen LogP contribution >= 0.6 is 11.3 Å². The summed E-state index contributed by atoms with van der Waals surface area (Å²) >= 11 is 1.64. The molecule has 1 saturated heterocycles. The van der Waals surface area contributed by atoms with Crippen molar-refractivity contribution in [1.82, 2.24) is 4.98 Å². The van der Waals surface area contributed by atoms with Gasteiger partial charge in [-0.15, -0.1) is 11.3 Å². The van der Waals surface area contributed by atoms with E-state index in [4.69, 9.17) is 0 Å². The summed E-state index contributed by atoms with van der Waals surface area (Å²) < 4.78 is 0. The lowest BCUT2D eigenvalue weighted by Crippen LogP contribution is -2.19. The standard InChI is InChI=1S/C11H18N2OS/c1-3-9-4-5-13(6-9)11-12-10(7-15-11)8(2)14/h7-9,14H,3-6H2,1-2H3. The Bertz CT molecular complexity index is 324. The van der Waals surface area contributed by atoms with Crippen molar-refractivity contribution >= 4 is 16.5 Å². The number of hydrogen-bond donors (Lipinski definition) is 1. The zero-order valence-corrected chi connectivity index (χ0v) is 10.1. The Hall–Kier alpha value is -0.610. The normalized spacial score (nSPS) is 23.4. The summed E-state index contributed by atoms with van der Waals surface area (Å²) in [5.74, 6) is 0.823. The first-order valence-corrected chi connectivity index (χ1v) is 6.47. The molecule has 0 bridgehead atoms. The number of rotatable bonds is 3. The lowest BCUT2D eigenvalue weighted by atomic mass is 10.1. The van der Waals surface area contributed by atoms with E-state index in [0.717, 1.165) is 29.8 Å². The van der Waals surface area contributed by atoms with Crippen molar-refractivity contribution < 1.29 is 5.11 Å². The van der Waals surface area contributed by atoms with Crippen LogP contribution in [0.25, 0.3) is 0 Å². The lowest BCUT2D eigenvalue weighted by Gasteiger charge is -2.14. The summed E-state index contributed by atoms with van der Waals surface area (Å²) in [4.78, 5) is 6.79. The average Bonchev–Trinajstić information content (AvgIpc) is 2.86. The molecule has 0 radical (unpaired) electrons. The van der Waals surface area contributed by atoms with Crippen LogP contribution in [0.15, 0.2) is 5.38 Å². The summed E-state index contributed by atoms with van der Waals surface area (Å²) in [6.07, 6.45) is 2.09. The predicted octanol–water partition coefficient (Wildman–Crippen LogP) is 2.43. The van der Waals surface area contributed by atoms with Gasteiger partial charge in [0.1, 0.15) is 0 Å². The van der Waals surface area contributed by atoms with Crippen molar-refractivity contribution in [3.05, 3.63) is 11.1 Å². The Balaban J connectivity index is 2.04. The van der Waals surface area contributed by atoms with E-state index in [9.17, 15) is 5.11 Å². The van der Waals surface area contributed by atoms with E-state index in [1.165, 1.54) is 12.8 Å². The summed E-state index contributed by atoms with van der Waals surface area (Å²) in [5, 5.41) is 12.4. The minimum Gasteiger partial charge on any atom is -0.387 e. The maximum atomic E-state index is 9.40. The van der Waals surface area contributed by atoms with Gasteiger partial charge in [-0.25, -0.2) is 4.98 Å². The van der Waals surface area contributed by atoms with Crippen molar-refractivity contribution in [2.45, 2.75) is 32.8 Å². The fraction of sp³-hybridized carbons (Fsp3) is 0.727. The quantitative estimate of drug-likeness (QED) is 0.860. The number of hydrogen-bond acceptors (Lipinski definition) is 4. The second-order valence-electron chi connectivity index (χ2n) is 4.24. The van der Waals surface area contributed by atoms with Gasteiger partial charge in [-0.2, -0.15) is 0 Å². The largest absolute Gasteiger partial charge is 0.387 e. The molecule has 2 rings (SSSR count). The summed E-state index contributed by atoms with van der Waals surface area (Å²) in [6, 6.07) is 0. The first-order chi connectivity index (χ1) is 7.20. The van der Waals surface area contributed by atoms with Crippen molar-refractivity contribution in [1.29, 1.82) is 0 Å². The van der Waals surface area contributed by atoms with E-state index >= 15 is 0 Å². The number of anilines is 1. The van der Waals surface area contributed by atoms with Crippen LogP contribution in [0.1, 0.15) is 38.5 Å². The number of thiazole rings is 1. The Morgan fingerprint density at radius 2 is 2.53 bits per heavy atom. The van der Waals surface area contributed by atoms with Gasteiger partial charge in [0.25, 0.3) is 0 Å². The van der Waals surface area contributed by atoms with Crippen LogP contribution in [0.2, 0.25) is 0 Å². The molecule has 15 heavy (non-hydrogen) atoms. The van der Waals surface area contributed by atoms with E-state index in [1.807, 2.05) is 5.38 Å². The van der Waals surface area contributed by atoms with Gasteiger partial charge < -0.3 is 10.0 Å². The molecular weight excluding hydrogens is 208 g/mol. The lowest BCUT2D eigenvalue weighted by molar-refractivity contribution is 0.195. The van der Waals surface area contributed by atoms with Crippen LogP contribution in [0.3, 0.4) is 0 Å². The first kappa shape index (κ1) is 10.9. The molecule has 1 N–H and O–H groups in total. The minimum atomic E-state index is -0.445. The number of aliphatic hydroxyl groups is 1. The van der Waals surface area contributed by atoms with E-state index < -0.39 is 6.10 Å². The molecule has 1 aliphatic heterocycles. The van der Waals surface area contributed by atoms with E-state index in [0.29, 0.717) is 0 Å². The van der Waals surface area contributed by atoms with Crippen LogP contribution in [0, 0.1) is 5.92 Å². The number of aromatic nitrogens is 1. The van der Waals surface area contributed by atoms with Crippen molar-refractivity contribution in [3.8, 4) is 0 Å². The fourth-order valence-electron chi connectivity index (χ4n) is 1.95. The van der Waals surface area contributed by atoms with Gasteiger partial charge in [-0.05, 0) is 19.3 Å². The first-order valence-electron chi connectivity index (χ1n) is 5.59. The molecule has 84 valence electrons. The van der Waals surface area contributed by atoms with Crippen molar-refractivity contribution in [2.75, 3.05) is 18.0 Å². The predicted molar refractivity (Wildman–Crippen MR) is 63.4 cm³/mol. The minimum absolute atomic E-state index is 0.445. The maximum Gasteiger partial charge on any atom is 0.185 e. The summed E-state index contributed by atoms with van der Waals surface area (Å²) in [7, 11) is 0. The highest BCUT2D eigenvalue weighted by molar-refractivity contribution is 7.13. The zero-order chi connectivity index (χ0) is 10.8. The number of aliphatic hydroxyl groups excluding tert-OH is 1. The molecule has 1 fully saturated rings. The van der Waals surface area contributed by atoms with Gasteiger partial charge in [0, 0.05) is 18.5 Å². The summed E-state index contributed by atoms with van der Waals surface area (Å²) in [5.41, 5.74) is 0.801. The van der Waals surface area contributed by atoms with Gasteiger partial charge in [0.2, 0.25) is 0 Å². The second-order valence-corrected chi connectivity index (χ2v) is 5.08. The highest BCUT2D eigenvalue weighted by Gasteiger charge is 2.23. The van der Waals surface area contributed by atoms with E-state index in [2.05, 4.69) is 16.8 Å². The fourth-order valence-corrected chi connectivity index (χ4v) is 2.90. The molecule has 0 amide bonds. The smallest absolute Gasteiger partial charge is 0.185 e. The molecule has 0 spiro atoms. The molecule has 4 heteroatoms. The average molecular weight is 226 g/mol. The second kappa shape index (κ2) is 4.49. The Morgan fingerprint density at radius 1 is 1.73 bits per heavy atom. The topological polar surface area (TPSA) is 36.4 Å². The molecule has 1 aliphatic rings. The molecule has 0 saturated carbocycles.